The zero-order valence-electron chi connectivity index (χ0n) is 16.1. The van der Waals surface area contributed by atoms with Crippen molar-refractivity contribution in [2.45, 2.75) is 26.0 Å². The highest BCUT2D eigenvalue weighted by Crippen LogP contribution is 2.20. The fourth-order valence-corrected chi connectivity index (χ4v) is 3.16. The highest BCUT2D eigenvalue weighted by atomic mass is 16.6. The smallest absolute Gasteiger partial charge is 0.310 e. The molecule has 146 valence electrons. The fourth-order valence-electron chi connectivity index (χ4n) is 3.16. The number of methoxy groups -OCH3 is 1. The molecule has 0 bridgehead atoms. The summed E-state index contributed by atoms with van der Waals surface area (Å²) in [6.45, 7) is 2.39. The van der Waals surface area contributed by atoms with Crippen molar-refractivity contribution in [2.75, 3.05) is 13.7 Å². The number of esters is 1. The minimum atomic E-state index is -0.691. The molecule has 2 unspecified atom stereocenters. The number of oxime groups is 1. The first-order valence-corrected chi connectivity index (χ1v) is 9.27. The van der Waals surface area contributed by atoms with E-state index in [1.165, 1.54) is 7.11 Å². The summed E-state index contributed by atoms with van der Waals surface area (Å²) >= 11 is 0. The Labute approximate surface area is 164 Å². The minimum absolute atomic E-state index is 0.186. The van der Waals surface area contributed by atoms with Gasteiger partial charge in [-0.3, -0.25) is 9.59 Å². The van der Waals surface area contributed by atoms with Gasteiger partial charge in [0.05, 0.1) is 18.7 Å². The number of carbonyl (C=O) groups excluding carboxylic acids is 2. The topological polar surface area (TPSA) is 68.2 Å². The maximum Gasteiger partial charge on any atom is 0.310 e. The highest BCUT2D eigenvalue weighted by Gasteiger charge is 2.33. The minimum Gasteiger partial charge on any atom is -0.469 e. The standard InChI is InChI=1S/C22H24N2O4/c1-16(22(26)27-2)14-24(15-17-9-5-3-6-10-17)21(25)20-13-19(23-28-20)18-11-7-4-8-12-18/h3-12,16,20H,13-15H2,1-2H3. The predicted molar refractivity (Wildman–Crippen MR) is 106 cm³/mol. The number of rotatable bonds is 7. The summed E-state index contributed by atoms with van der Waals surface area (Å²) in [5.41, 5.74) is 2.67. The van der Waals surface area contributed by atoms with Crippen LogP contribution in [0.3, 0.4) is 0 Å². The monoisotopic (exact) mass is 380 g/mol. The molecule has 28 heavy (non-hydrogen) atoms. The maximum atomic E-state index is 13.1. The van der Waals surface area contributed by atoms with Gasteiger partial charge in [0.1, 0.15) is 0 Å². The molecule has 0 spiro atoms. The molecule has 1 heterocycles. The van der Waals surface area contributed by atoms with E-state index in [0.717, 1.165) is 16.8 Å². The van der Waals surface area contributed by atoms with Crippen molar-refractivity contribution in [3.8, 4) is 0 Å². The zero-order valence-corrected chi connectivity index (χ0v) is 16.1. The van der Waals surface area contributed by atoms with Gasteiger partial charge in [-0.15, -0.1) is 0 Å². The van der Waals surface area contributed by atoms with Crippen LogP contribution >= 0.6 is 0 Å². The third-order valence-corrected chi connectivity index (χ3v) is 4.68. The van der Waals surface area contributed by atoms with Gasteiger partial charge in [-0.1, -0.05) is 72.7 Å². The molecule has 6 nitrogen and oxygen atoms in total. The summed E-state index contributed by atoms with van der Waals surface area (Å²) in [5, 5.41) is 4.11. The molecule has 1 aliphatic rings. The van der Waals surface area contributed by atoms with E-state index < -0.39 is 12.0 Å². The van der Waals surface area contributed by atoms with Crippen LogP contribution in [0.25, 0.3) is 0 Å². The van der Waals surface area contributed by atoms with E-state index in [-0.39, 0.29) is 18.4 Å². The molecule has 0 fully saturated rings. The van der Waals surface area contributed by atoms with Crippen LogP contribution in [0.1, 0.15) is 24.5 Å². The normalized spacial score (nSPS) is 16.6. The van der Waals surface area contributed by atoms with Gasteiger partial charge in [-0.05, 0) is 11.1 Å². The highest BCUT2D eigenvalue weighted by molar-refractivity contribution is 6.04. The molecule has 1 aliphatic heterocycles. The third kappa shape index (κ3) is 4.76. The SMILES string of the molecule is COC(=O)C(C)CN(Cc1ccccc1)C(=O)C1CC(c2ccccc2)=NO1. The molecule has 2 atom stereocenters. The summed E-state index contributed by atoms with van der Waals surface area (Å²) in [6.07, 6.45) is -0.287. The van der Waals surface area contributed by atoms with Crippen LogP contribution in [-0.4, -0.2) is 42.2 Å². The second-order valence-corrected chi connectivity index (χ2v) is 6.83. The van der Waals surface area contributed by atoms with E-state index in [4.69, 9.17) is 9.57 Å². The lowest BCUT2D eigenvalue weighted by atomic mass is 10.0. The number of nitrogens with zero attached hydrogens (tertiary/aromatic N) is 2. The summed E-state index contributed by atoms with van der Waals surface area (Å²) in [5.74, 6) is -0.970. The Hall–Kier alpha value is -3.15. The summed E-state index contributed by atoms with van der Waals surface area (Å²) < 4.78 is 4.81. The van der Waals surface area contributed by atoms with E-state index >= 15 is 0 Å². The molecule has 2 aromatic carbocycles. The fraction of sp³-hybridized carbons (Fsp3) is 0.318. The first kappa shape index (κ1) is 19.6. The van der Waals surface area contributed by atoms with Gasteiger partial charge in [0.2, 0.25) is 6.10 Å². The van der Waals surface area contributed by atoms with E-state index in [2.05, 4.69) is 5.16 Å². The van der Waals surface area contributed by atoms with Gasteiger partial charge in [0.25, 0.3) is 5.91 Å². The molecular weight excluding hydrogens is 356 g/mol. The predicted octanol–water partition coefficient (Wildman–Crippen LogP) is 3.02. The lowest BCUT2D eigenvalue weighted by Gasteiger charge is -2.27. The Morgan fingerprint density at radius 1 is 1.14 bits per heavy atom. The molecular formula is C22H24N2O4. The van der Waals surface area contributed by atoms with Crippen LogP contribution in [-0.2, 0) is 25.7 Å². The van der Waals surface area contributed by atoms with Crippen LogP contribution < -0.4 is 0 Å². The van der Waals surface area contributed by atoms with Crippen molar-refractivity contribution in [1.29, 1.82) is 0 Å². The van der Waals surface area contributed by atoms with Gasteiger partial charge in [-0.25, -0.2) is 0 Å². The molecule has 6 heteroatoms. The molecule has 2 aromatic rings. The Balaban J connectivity index is 1.72. The third-order valence-electron chi connectivity index (χ3n) is 4.68. The number of benzene rings is 2. The van der Waals surface area contributed by atoms with E-state index in [1.54, 1.807) is 11.8 Å². The quantitative estimate of drug-likeness (QED) is 0.693. The van der Waals surface area contributed by atoms with Gasteiger partial charge in [0, 0.05) is 19.5 Å². The van der Waals surface area contributed by atoms with Crippen LogP contribution in [0.4, 0.5) is 0 Å². The first-order chi connectivity index (χ1) is 13.6. The molecule has 3 rings (SSSR count). The Morgan fingerprint density at radius 3 is 2.43 bits per heavy atom. The van der Waals surface area contributed by atoms with Crippen molar-refractivity contribution in [3.63, 3.8) is 0 Å². The van der Waals surface area contributed by atoms with Gasteiger partial charge in [0.15, 0.2) is 0 Å². The Morgan fingerprint density at radius 2 is 1.79 bits per heavy atom. The molecule has 0 radical (unpaired) electrons. The average molecular weight is 380 g/mol. The van der Waals surface area contributed by atoms with E-state index in [0.29, 0.717) is 13.0 Å². The number of hydrogen-bond donors (Lipinski definition) is 0. The van der Waals surface area contributed by atoms with Crippen molar-refractivity contribution in [2.24, 2.45) is 11.1 Å². The number of hydrogen-bond acceptors (Lipinski definition) is 5. The summed E-state index contributed by atoms with van der Waals surface area (Å²) in [4.78, 5) is 32.1. The number of ether oxygens (including phenoxy) is 1. The second-order valence-electron chi connectivity index (χ2n) is 6.83. The maximum absolute atomic E-state index is 13.1. The Kier molecular flexibility index (Phi) is 6.42. The van der Waals surface area contributed by atoms with Crippen LogP contribution in [0.5, 0.6) is 0 Å². The van der Waals surface area contributed by atoms with Crippen LogP contribution in [0, 0.1) is 5.92 Å². The van der Waals surface area contributed by atoms with Crippen molar-refractivity contribution in [1.82, 2.24) is 4.90 Å². The van der Waals surface area contributed by atoms with Crippen LogP contribution in [0.2, 0.25) is 0 Å². The van der Waals surface area contributed by atoms with Crippen molar-refractivity contribution >= 4 is 17.6 Å². The van der Waals surface area contributed by atoms with Gasteiger partial charge >= 0.3 is 5.97 Å². The number of carbonyl (C=O) groups is 2. The van der Waals surface area contributed by atoms with Crippen molar-refractivity contribution < 1.29 is 19.2 Å². The molecule has 0 aliphatic carbocycles. The number of amides is 1. The molecule has 0 saturated heterocycles. The van der Waals surface area contributed by atoms with Gasteiger partial charge in [-0.2, -0.15) is 0 Å². The summed E-state index contributed by atoms with van der Waals surface area (Å²) in [6, 6.07) is 19.3. The van der Waals surface area contributed by atoms with E-state index in [1.807, 2.05) is 60.7 Å². The average Bonchev–Trinajstić information content (AvgIpc) is 3.23. The first-order valence-electron chi connectivity index (χ1n) is 9.27. The lowest BCUT2D eigenvalue weighted by molar-refractivity contribution is -0.149. The van der Waals surface area contributed by atoms with Crippen LogP contribution in [0.15, 0.2) is 65.8 Å². The molecule has 1 amide bonds. The second kappa shape index (κ2) is 9.17. The largest absolute Gasteiger partial charge is 0.469 e. The van der Waals surface area contributed by atoms with Gasteiger partial charge < -0.3 is 14.5 Å². The van der Waals surface area contributed by atoms with E-state index in [9.17, 15) is 9.59 Å². The van der Waals surface area contributed by atoms with Crippen molar-refractivity contribution in [3.05, 3.63) is 71.8 Å². The summed E-state index contributed by atoms with van der Waals surface area (Å²) in [7, 11) is 1.35. The lowest BCUT2D eigenvalue weighted by Crippen LogP contribution is -2.42. The molecule has 0 saturated carbocycles. The molecule has 0 aromatic heterocycles. The zero-order chi connectivity index (χ0) is 19.9. The Bertz CT molecular complexity index is 836. The molecule has 0 N–H and O–H groups in total.